The smallest absolute Gasteiger partial charge is 0.191 e. The predicted octanol–water partition coefficient (Wildman–Crippen LogP) is 2.16. The maximum atomic E-state index is 5.58. The second kappa shape index (κ2) is 9.20. The van der Waals surface area contributed by atoms with Crippen LogP contribution in [0.15, 0.2) is 4.99 Å². The van der Waals surface area contributed by atoms with Gasteiger partial charge in [-0.05, 0) is 38.5 Å². The molecule has 1 rings (SSSR count). The van der Waals surface area contributed by atoms with Crippen LogP contribution in [-0.4, -0.2) is 38.3 Å². The van der Waals surface area contributed by atoms with Crippen molar-refractivity contribution in [2.24, 2.45) is 10.9 Å². The summed E-state index contributed by atoms with van der Waals surface area (Å²) in [4.78, 5) is 4.58. The molecule has 0 spiro atoms. The Kier molecular flexibility index (Phi) is 7.81. The van der Waals surface area contributed by atoms with E-state index in [9.17, 15) is 0 Å². The van der Waals surface area contributed by atoms with Crippen LogP contribution in [0.1, 0.15) is 46.5 Å². The molecule has 0 aromatic carbocycles. The fourth-order valence-corrected chi connectivity index (χ4v) is 2.04. The number of ether oxygens (including phenoxy) is 1. The maximum Gasteiger partial charge on any atom is 0.191 e. The van der Waals surface area contributed by atoms with Crippen molar-refractivity contribution in [3.05, 3.63) is 0 Å². The van der Waals surface area contributed by atoms with Crippen molar-refractivity contribution < 1.29 is 4.74 Å². The minimum atomic E-state index is 0.330. The number of aliphatic imine (C=N–C) groups is 1. The summed E-state index contributed by atoms with van der Waals surface area (Å²) in [6, 6.07) is 0. The molecule has 0 aromatic heterocycles. The Morgan fingerprint density at radius 3 is 2.83 bits per heavy atom. The van der Waals surface area contributed by atoms with Crippen LogP contribution in [-0.2, 0) is 4.74 Å². The molecule has 4 nitrogen and oxygen atoms in total. The third-order valence-corrected chi connectivity index (χ3v) is 3.07. The average Bonchev–Trinajstić information content (AvgIpc) is 2.84. The van der Waals surface area contributed by atoms with Gasteiger partial charge in [0, 0.05) is 19.7 Å². The van der Waals surface area contributed by atoms with E-state index in [0.717, 1.165) is 44.5 Å². The number of hydrogen-bond donors (Lipinski definition) is 2. The zero-order valence-corrected chi connectivity index (χ0v) is 12.2. The zero-order chi connectivity index (χ0) is 13.2. The van der Waals surface area contributed by atoms with E-state index in [-0.39, 0.29) is 0 Å². The largest absolute Gasteiger partial charge is 0.376 e. The summed E-state index contributed by atoms with van der Waals surface area (Å²) in [6.07, 6.45) is 5.12. The molecule has 0 aromatic rings. The molecule has 0 amide bonds. The normalized spacial score (nSPS) is 20.4. The van der Waals surface area contributed by atoms with E-state index in [2.05, 4.69) is 36.4 Å². The van der Waals surface area contributed by atoms with Crippen molar-refractivity contribution in [3.63, 3.8) is 0 Å². The zero-order valence-electron chi connectivity index (χ0n) is 12.2. The lowest BCUT2D eigenvalue weighted by molar-refractivity contribution is 0.117. The molecular formula is C14H29N3O. The number of rotatable bonds is 7. The van der Waals surface area contributed by atoms with Gasteiger partial charge < -0.3 is 15.4 Å². The van der Waals surface area contributed by atoms with Gasteiger partial charge in [-0.1, -0.05) is 13.8 Å². The fourth-order valence-electron chi connectivity index (χ4n) is 2.04. The van der Waals surface area contributed by atoms with Crippen molar-refractivity contribution in [2.45, 2.75) is 52.6 Å². The van der Waals surface area contributed by atoms with Crippen LogP contribution < -0.4 is 10.6 Å². The van der Waals surface area contributed by atoms with Gasteiger partial charge in [0.25, 0.3) is 0 Å². The van der Waals surface area contributed by atoms with Crippen LogP contribution in [0.5, 0.6) is 0 Å². The van der Waals surface area contributed by atoms with Crippen LogP contribution in [0.2, 0.25) is 0 Å². The SMILES string of the molecule is CCNC(=NCC1CCCO1)NCCCC(C)C. The molecule has 1 atom stereocenters. The van der Waals surface area contributed by atoms with Crippen LogP contribution in [0.3, 0.4) is 0 Å². The first-order chi connectivity index (χ1) is 8.72. The molecule has 1 aliphatic rings. The molecule has 0 bridgehead atoms. The Morgan fingerprint density at radius 2 is 2.22 bits per heavy atom. The van der Waals surface area contributed by atoms with Crippen LogP contribution in [0.4, 0.5) is 0 Å². The number of nitrogens with zero attached hydrogens (tertiary/aromatic N) is 1. The van der Waals surface area contributed by atoms with Crippen molar-refractivity contribution in [2.75, 3.05) is 26.2 Å². The Morgan fingerprint density at radius 1 is 1.39 bits per heavy atom. The van der Waals surface area contributed by atoms with Crippen LogP contribution in [0, 0.1) is 5.92 Å². The first-order valence-corrected chi connectivity index (χ1v) is 7.36. The highest BCUT2D eigenvalue weighted by atomic mass is 16.5. The number of hydrogen-bond acceptors (Lipinski definition) is 2. The highest BCUT2D eigenvalue weighted by Gasteiger charge is 2.14. The first-order valence-electron chi connectivity index (χ1n) is 7.36. The van der Waals surface area contributed by atoms with E-state index in [1.165, 1.54) is 19.3 Å². The third-order valence-electron chi connectivity index (χ3n) is 3.07. The summed E-state index contributed by atoms with van der Waals surface area (Å²) >= 11 is 0. The summed E-state index contributed by atoms with van der Waals surface area (Å²) in [5.74, 6) is 1.70. The lowest BCUT2D eigenvalue weighted by atomic mass is 10.1. The molecule has 1 aliphatic heterocycles. The van der Waals surface area contributed by atoms with Gasteiger partial charge in [-0.2, -0.15) is 0 Å². The molecule has 0 saturated carbocycles. The number of nitrogens with one attached hydrogen (secondary N) is 2. The molecule has 1 heterocycles. The highest BCUT2D eigenvalue weighted by Crippen LogP contribution is 2.11. The summed E-state index contributed by atoms with van der Waals surface area (Å²) in [5, 5.41) is 6.66. The second-order valence-corrected chi connectivity index (χ2v) is 5.32. The van der Waals surface area contributed by atoms with Gasteiger partial charge in [0.15, 0.2) is 5.96 Å². The molecule has 2 N–H and O–H groups in total. The molecule has 0 radical (unpaired) electrons. The van der Waals surface area contributed by atoms with Gasteiger partial charge in [-0.25, -0.2) is 0 Å². The van der Waals surface area contributed by atoms with Crippen LogP contribution >= 0.6 is 0 Å². The minimum absolute atomic E-state index is 0.330. The van der Waals surface area contributed by atoms with Gasteiger partial charge in [0.1, 0.15) is 0 Å². The van der Waals surface area contributed by atoms with E-state index in [0.29, 0.717) is 6.10 Å². The maximum absolute atomic E-state index is 5.58. The quantitative estimate of drug-likeness (QED) is 0.416. The Bertz CT molecular complexity index is 235. The topological polar surface area (TPSA) is 45.7 Å². The van der Waals surface area contributed by atoms with Crippen molar-refractivity contribution in [1.82, 2.24) is 10.6 Å². The summed E-state index contributed by atoms with van der Waals surface area (Å²) in [7, 11) is 0. The monoisotopic (exact) mass is 255 g/mol. The molecule has 1 fully saturated rings. The fraction of sp³-hybridized carbons (Fsp3) is 0.929. The van der Waals surface area contributed by atoms with Gasteiger partial charge in [0.05, 0.1) is 12.6 Å². The molecule has 1 unspecified atom stereocenters. The van der Waals surface area contributed by atoms with E-state index in [1.54, 1.807) is 0 Å². The Labute approximate surface area is 112 Å². The highest BCUT2D eigenvalue weighted by molar-refractivity contribution is 5.79. The van der Waals surface area contributed by atoms with Crippen molar-refractivity contribution in [3.8, 4) is 0 Å². The average molecular weight is 255 g/mol. The summed E-state index contributed by atoms with van der Waals surface area (Å²) in [5.41, 5.74) is 0. The van der Waals surface area contributed by atoms with Crippen molar-refractivity contribution >= 4 is 5.96 Å². The second-order valence-electron chi connectivity index (χ2n) is 5.32. The van der Waals surface area contributed by atoms with Crippen LogP contribution in [0.25, 0.3) is 0 Å². The van der Waals surface area contributed by atoms with E-state index in [1.807, 2.05) is 0 Å². The minimum Gasteiger partial charge on any atom is -0.376 e. The lowest BCUT2D eigenvalue weighted by Gasteiger charge is -2.13. The molecule has 106 valence electrons. The van der Waals surface area contributed by atoms with Crippen molar-refractivity contribution in [1.29, 1.82) is 0 Å². The molecule has 4 heteroatoms. The summed E-state index contributed by atoms with van der Waals surface area (Å²) < 4.78 is 5.58. The van der Waals surface area contributed by atoms with E-state index in [4.69, 9.17) is 4.74 Å². The Balaban J connectivity index is 2.22. The van der Waals surface area contributed by atoms with E-state index >= 15 is 0 Å². The molecular weight excluding hydrogens is 226 g/mol. The van der Waals surface area contributed by atoms with Gasteiger partial charge in [0.2, 0.25) is 0 Å². The molecule has 0 aliphatic carbocycles. The lowest BCUT2D eigenvalue weighted by Crippen LogP contribution is -2.38. The molecule has 1 saturated heterocycles. The standard InChI is InChI=1S/C14H29N3O/c1-4-15-14(16-9-5-7-12(2)3)17-11-13-8-6-10-18-13/h12-13H,4-11H2,1-3H3,(H2,15,16,17). The van der Waals surface area contributed by atoms with Gasteiger partial charge in [-0.15, -0.1) is 0 Å². The van der Waals surface area contributed by atoms with Gasteiger partial charge >= 0.3 is 0 Å². The van der Waals surface area contributed by atoms with E-state index < -0.39 is 0 Å². The molecule has 18 heavy (non-hydrogen) atoms. The first kappa shape index (κ1) is 15.3. The number of guanidine groups is 1. The Hall–Kier alpha value is -0.770. The third kappa shape index (κ3) is 6.84. The predicted molar refractivity (Wildman–Crippen MR) is 77.0 cm³/mol. The summed E-state index contributed by atoms with van der Waals surface area (Å²) in [6.45, 7) is 10.2. The van der Waals surface area contributed by atoms with Gasteiger partial charge in [-0.3, -0.25) is 4.99 Å².